The number of hydrogen-bond acceptors (Lipinski definition) is 3. The SMILES string of the molecule is Clc1ccc(C2CSCCN2CC2CCNCC2)cc1. The lowest BCUT2D eigenvalue weighted by Crippen LogP contribution is -2.41. The number of piperidine rings is 1. The standard InChI is InChI=1S/C16H23ClN2S/c17-15-3-1-14(2-4-15)16-12-20-10-9-19(16)11-13-5-7-18-8-6-13/h1-4,13,16,18H,5-12H2. The molecule has 20 heavy (non-hydrogen) atoms. The Kier molecular flexibility index (Phi) is 5.27. The van der Waals surface area contributed by atoms with E-state index in [2.05, 4.69) is 34.1 Å². The molecule has 110 valence electrons. The molecule has 1 atom stereocenters. The topological polar surface area (TPSA) is 15.3 Å². The Balaban J connectivity index is 1.68. The van der Waals surface area contributed by atoms with Crippen LogP contribution in [0.1, 0.15) is 24.4 Å². The van der Waals surface area contributed by atoms with E-state index in [1.165, 1.54) is 56.1 Å². The van der Waals surface area contributed by atoms with Gasteiger partial charge < -0.3 is 5.32 Å². The minimum atomic E-state index is 0.570. The van der Waals surface area contributed by atoms with Crippen LogP contribution in [-0.4, -0.2) is 42.6 Å². The van der Waals surface area contributed by atoms with Crippen molar-refractivity contribution in [1.82, 2.24) is 10.2 Å². The van der Waals surface area contributed by atoms with E-state index in [1.54, 1.807) is 0 Å². The first-order valence-electron chi connectivity index (χ1n) is 7.61. The number of hydrogen-bond donors (Lipinski definition) is 1. The lowest BCUT2D eigenvalue weighted by molar-refractivity contribution is 0.168. The number of rotatable bonds is 3. The third-order valence-electron chi connectivity index (χ3n) is 4.45. The highest BCUT2D eigenvalue weighted by molar-refractivity contribution is 7.99. The summed E-state index contributed by atoms with van der Waals surface area (Å²) in [6.45, 7) is 4.87. The molecule has 2 aliphatic heterocycles. The van der Waals surface area contributed by atoms with Crippen LogP contribution < -0.4 is 5.32 Å². The number of nitrogens with zero attached hydrogens (tertiary/aromatic N) is 1. The molecule has 0 radical (unpaired) electrons. The fourth-order valence-electron chi connectivity index (χ4n) is 3.24. The van der Waals surface area contributed by atoms with Gasteiger partial charge in [-0.3, -0.25) is 4.90 Å². The van der Waals surface area contributed by atoms with E-state index < -0.39 is 0 Å². The second-order valence-electron chi connectivity index (χ2n) is 5.83. The highest BCUT2D eigenvalue weighted by Gasteiger charge is 2.27. The molecule has 1 N–H and O–H groups in total. The monoisotopic (exact) mass is 310 g/mol. The molecule has 0 aliphatic carbocycles. The van der Waals surface area contributed by atoms with E-state index in [9.17, 15) is 0 Å². The molecule has 1 aromatic carbocycles. The van der Waals surface area contributed by atoms with Gasteiger partial charge in [-0.25, -0.2) is 0 Å². The summed E-state index contributed by atoms with van der Waals surface area (Å²) in [5.74, 6) is 3.36. The fraction of sp³-hybridized carbons (Fsp3) is 0.625. The first kappa shape index (κ1) is 14.7. The summed E-state index contributed by atoms with van der Waals surface area (Å²) in [7, 11) is 0. The normalized spacial score (nSPS) is 25.8. The average molecular weight is 311 g/mol. The van der Waals surface area contributed by atoms with Crippen LogP contribution in [0.3, 0.4) is 0 Å². The van der Waals surface area contributed by atoms with Crippen molar-refractivity contribution in [2.75, 3.05) is 37.7 Å². The molecule has 2 fully saturated rings. The van der Waals surface area contributed by atoms with Gasteiger partial charge in [-0.1, -0.05) is 23.7 Å². The molecular formula is C16H23ClN2S. The van der Waals surface area contributed by atoms with Crippen LogP contribution in [0.5, 0.6) is 0 Å². The second kappa shape index (κ2) is 7.17. The molecule has 0 amide bonds. The van der Waals surface area contributed by atoms with Gasteiger partial charge in [0, 0.05) is 35.7 Å². The van der Waals surface area contributed by atoms with Gasteiger partial charge in [-0.2, -0.15) is 11.8 Å². The van der Waals surface area contributed by atoms with Crippen molar-refractivity contribution in [3.63, 3.8) is 0 Å². The third-order valence-corrected chi connectivity index (χ3v) is 5.72. The molecule has 2 heterocycles. The van der Waals surface area contributed by atoms with Crippen molar-refractivity contribution < 1.29 is 0 Å². The zero-order chi connectivity index (χ0) is 13.8. The Morgan fingerprint density at radius 1 is 1.20 bits per heavy atom. The summed E-state index contributed by atoms with van der Waals surface area (Å²) < 4.78 is 0. The van der Waals surface area contributed by atoms with Gasteiger partial charge in [0.1, 0.15) is 0 Å². The largest absolute Gasteiger partial charge is 0.317 e. The molecule has 4 heteroatoms. The van der Waals surface area contributed by atoms with Gasteiger partial charge in [0.05, 0.1) is 0 Å². The molecular weight excluding hydrogens is 288 g/mol. The lowest BCUT2D eigenvalue weighted by atomic mass is 9.96. The molecule has 1 aromatic rings. The quantitative estimate of drug-likeness (QED) is 0.921. The summed E-state index contributed by atoms with van der Waals surface area (Å²) in [6, 6.07) is 9.03. The maximum atomic E-state index is 6.02. The van der Waals surface area contributed by atoms with E-state index in [-0.39, 0.29) is 0 Å². The van der Waals surface area contributed by atoms with Gasteiger partial charge in [-0.15, -0.1) is 0 Å². The molecule has 0 bridgehead atoms. The summed E-state index contributed by atoms with van der Waals surface area (Å²) >= 11 is 8.10. The Bertz CT molecular complexity index is 417. The van der Waals surface area contributed by atoms with E-state index >= 15 is 0 Å². The van der Waals surface area contributed by atoms with Crippen LogP contribution >= 0.6 is 23.4 Å². The Labute approximate surface area is 131 Å². The fourth-order valence-corrected chi connectivity index (χ4v) is 4.53. The van der Waals surface area contributed by atoms with Crippen molar-refractivity contribution in [1.29, 1.82) is 0 Å². The highest BCUT2D eigenvalue weighted by atomic mass is 35.5. The Morgan fingerprint density at radius 2 is 1.95 bits per heavy atom. The first-order valence-corrected chi connectivity index (χ1v) is 9.14. The molecule has 0 spiro atoms. The van der Waals surface area contributed by atoms with Crippen LogP contribution in [0.25, 0.3) is 0 Å². The highest BCUT2D eigenvalue weighted by Crippen LogP contribution is 2.31. The van der Waals surface area contributed by atoms with Crippen molar-refractivity contribution in [2.24, 2.45) is 5.92 Å². The Hall–Kier alpha value is -0.220. The Morgan fingerprint density at radius 3 is 2.70 bits per heavy atom. The third kappa shape index (κ3) is 3.70. The van der Waals surface area contributed by atoms with Crippen molar-refractivity contribution in [3.8, 4) is 0 Å². The van der Waals surface area contributed by atoms with Gasteiger partial charge in [0.15, 0.2) is 0 Å². The second-order valence-corrected chi connectivity index (χ2v) is 7.42. The summed E-state index contributed by atoms with van der Waals surface area (Å²) in [4.78, 5) is 2.70. The minimum Gasteiger partial charge on any atom is -0.317 e. The van der Waals surface area contributed by atoms with Gasteiger partial charge in [-0.05, 0) is 49.5 Å². The van der Waals surface area contributed by atoms with Gasteiger partial charge in [0.25, 0.3) is 0 Å². The molecule has 2 aliphatic rings. The first-order chi connectivity index (χ1) is 9.83. The van der Waals surface area contributed by atoms with Crippen LogP contribution in [0.15, 0.2) is 24.3 Å². The minimum absolute atomic E-state index is 0.570. The summed E-state index contributed by atoms with van der Waals surface area (Å²) in [6.07, 6.45) is 2.66. The lowest BCUT2D eigenvalue weighted by Gasteiger charge is -2.38. The van der Waals surface area contributed by atoms with E-state index in [4.69, 9.17) is 11.6 Å². The van der Waals surface area contributed by atoms with Crippen molar-refractivity contribution in [2.45, 2.75) is 18.9 Å². The molecule has 0 aromatic heterocycles. The van der Waals surface area contributed by atoms with E-state index in [0.717, 1.165) is 10.9 Å². The van der Waals surface area contributed by atoms with Crippen LogP contribution in [0, 0.1) is 5.92 Å². The number of benzene rings is 1. The summed E-state index contributed by atoms with van der Waals surface area (Å²) in [5.41, 5.74) is 1.43. The van der Waals surface area contributed by atoms with Crippen molar-refractivity contribution >= 4 is 23.4 Å². The predicted molar refractivity (Wildman–Crippen MR) is 88.7 cm³/mol. The molecule has 1 unspecified atom stereocenters. The maximum absolute atomic E-state index is 6.02. The van der Waals surface area contributed by atoms with Gasteiger partial charge >= 0.3 is 0 Å². The van der Waals surface area contributed by atoms with Crippen LogP contribution in [0.2, 0.25) is 5.02 Å². The number of halogens is 1. The zero-order valence-corrected chi connectivity index (χ0v) is 13.4. The number of nitrogens with one attached hydrogen (secondary N) is 1. The maximum Gasteiger partial charge on any atom is 0.0439 e. The van der Waals surface area contributed by atoms with Crippen LogP contribution in [0.4, 0.5) is 0 Å². The molecule has 2 saturated heterocycles. The summed E-state index contributed by atoms with van der Waals surface area (Å²) in [5, 5.41) is 4.30. The zero-order valence-electron chi connectivity index (χ0n) is 11.9. The molecule has 3 rings (SSSR count). The molecule has 0 saturated carbocycles. The van der Waals surface area contributed by atoms with Gasteiger partial charge in [0.2, 0.25) is 0 Å². The van der Waals surface area contributed by atoms with Crippen LogP contribution in [-0.2, 0) is 0 Å². The average Bonchev–Trinajstić information content (AvgIpc) is 2.50. The van der Waals surface area contributed by atoms with E-state index in [1.807, 2.05) is 12.1 Å². The smallest absolute Gasteiger partial charge is 0.0439 e. The van der Waals surface area contributed by atoms with E-state index in [0.29, 0.717) is 6.04 Å². The van der Waals surface area contributed by atoms with Crippen molar-refractivity contribution in [3.05, 3.63) is 34.9 Å². The molecule has 2 nitrogen and oxygen atoms in total. The predicted octanol–water partition coefficient (Wildman–Crippen LogP) is 3.43. The number of thioether (sulfide) groups is 1.